The summed E-state index contributed by atoms with van der Waals surface area (Å²) in [5.74, 6) is 0.684. The molecule has 1 aliphatic heterocycles. The first-order chi connectivity index (χ1) is 9.11. The number of carbonyl (C=O) groups excluding carboxylic acids is 1. The van der Waals surface area contributed by atoms with Gasteiger partial charge in [-0.2, -0.15) is 0 Å². The molecule has 4 nitrogen and oxygen atoms in total. The largest absolute Gasteiger partial charge is 0.393 e. The zero-order valence-corrected chi connectivity index (χ0v) is 12.5. The molecule has 19 heavy (non-hydrogen) atoms. The first-order valence-corrected chi connectivity index (χ1v) is 7.79. The minimum Gasteiger partial charge on any atom is -0.393 e. The van der Waals surface area contributed by atoms with Gasteiger partial charge < -0.3 is 15.3 Å². The average molecular weight is 270 g/mol. The van der Waals surface area contributed by atoms with E-state index >= 15 is 0 Å². The van der Waals surface area contributed by atoms with Crippen LogP contribution >= 0.6 is 0 Å². The molecule has 0 aromatic carbocycles. The third kappa shape index (κ3) is 7.53. The molecule has 112 valence electrons. The molecule has 1 fully saturated rings. The van der Waals surface area contributed by atoms with Crippen LogP contribution in [0.1, 0.15) is 52.4 Å². The SMILES string of the molecule is CCCC(C)CC(=O)NCCCN1CCC(O)CC1. The number of rotatable bonds is 8. The Bertz CT molecular complexity index is 251. The van der Waals surface area contributed by atoms with Gasteiger partial charge in [-0.05, 0) is 31.7 Å². The molecule has 1 saturated heterocycles. The maximum absolute atomic E-state index is 11.7. The summed E-state index contributed by atoms with van der Waals surface area (Å²) in [6, 6.07) is 0. The van der Waals surface area contributed by atoms with E-state index in [1.807, 2.05) is 0 Å². The third-order valence-electron chi connectivity index (χ3n) is 3.85. The van der Waals surface area contributed by atoms with Crippen LogP contribution in [0.4, 0.5) is 0 Å². The Morgan fingerprint density at radius 2 is 2.11 bits per heavy atom. The fourth-order valence-corrected chi connectivity index (χ4v) is 2.66. The second-order valence-corrected chi connectivity index (χ2v) is 5.87. The highest BCUT2D eigenvalue weighted by Crippen LogP contribution is 2.10. The van der Waals surface area contributed by atoms with Crippen molar-refractivity contribution < 1.29 is 9.90 Å². The number of hydrogen-bond acceptors (Lipinski definition) is 3. The van der Waals surface area contributed by atoms with Crippen LogP contribution in [0.5, 0.6) is 0 Å². The number of aliphatic hydroxyl groups excluding tert-OH is 1. The lowest BCUT2D eigenvalue weighted by Crippen LogP contribution is -2.37. The van der Waals surface area contributed by atoms with E-state index < -0.39 is 0 Å². The molecular weight excluding hydrogens is 240 g/mol. The summed E-state index contributed by atoms with van der Waals surface area (Å²) in [5, 5.41) is 12.4. The fourth-order valence-electron chi connectivity index (χ4n) is 2.66. The van der Waals surface area contributed by atoms with E-state index in [1.165, 1.54) is 0 Å². The van der Waals surface area contributed by atoms with Crippen molar-refractivity contribution in [1.82, 2.24) is 10.2 Å². The summed E-state index contributed by atoms with van der Waals surface area (Å²) in [5.41, 5.74) is 0. The Morgan fingerprint density at radius 3 is 2.74 bits per heavy atom. The Labute approximate surface area is 117 Å². The van der Waals surface area contributed by atoms with Crippen molar-refractivity contribution in [2.75, 3.05) is 26.2 Å². The molecule has 0 spiro atoms. The summed E-state index contributed by atoms with van der Waals surface area (Å²) in [7, 11) is 0. The highest BCUT2D eigenvalue weighted by molar-refractivity contribution is 5.76. The van der Waals surface area contributed by atoms with Crippen LogP contribution in [-0.2, 0) is 4.79 Å². The summed E-state index contributed by atoms with van der Waals surface area (Å²) < 4.78 is 0. The first-order valence-electron chi connectivity index (χ1n) is 7.79. The van der Waals surface area contributed by atoms with E-state index in [9.17, 15) is 9.90 Å². The van der Waals surface area contributed by atoms with Crippen molar-refractivity contribution in [2.45, 2.75) is 58.5 Å². The van der Waals surface area contributed by atoms with Crippen LogP contribution in [0.2, 0.25) is 0 Å². The van der Waals surface area contributed by atoms with Gasteiger partial charge in [-0.1, -0.05) is 26.7 Å². The lowest BCUT2D eigenvalue weighted by atomic mass is 10.0. The quantitative estimate of drug-likeness (QED) is 0.661. The van der Waals surface area contributed by atoms with Gasteiger partial charge in [0, 0.05) is 26.1 Å². The number of likely N-dealkylation sites (tertiary alicyclic amines) is 1. The van der Waals surface area contributed by atoms with Gasteiger partial charge in [0.05, 0.1) is 6.10 Å². The van der Waals surface area contributed by atoms with Crippen molar-refractivity contribution in [3.63, 3.8) is 0 Å². The van der Waals surface area contributed by atoms with Crippen molar-refractivity contribution >= 4 is 5.91 Å². The highest BCUT2D eigenvalue weighted by atomic mass is 16.3. The molecule has 2 N–H and O–H groups in total. The highest BCUT2D eigenvalue weighted by Gasteiger charge is 2.16. The predicted molar refractivity (Wildman–Crippen MR) is 78.0 cm³/mol. The van der Waals surface area contributed by atoms with E-state index in [0.717, 1.165) is 58.3 Å². The summed E-state index contributed by atoms with van der Waals surface area (Å²) in [6.45, 7) is 8.08. The van der Waals surface area contributed by atoms with Gasteiger partial charge in [-0.25, -0.2) is 0 Å². The minimum absolute atomic E-state index is 0.101. The van der Waals surface area contributed by atoms with Crippen LogP contribution in [0.15, 0.2) is 0 Å². The van der Waals surface area contributed by atoms with Gasteiger partial charge in [0.15, 0.2) is 0 Å². The van der Waals surface area contributed by atoms with Gasteiger partial charge in [-0.3, -0.25) is 4.79 Å². The Hall–Kier alpha value is -0.610. The molecular formula is C15H30N2O2. The molecule has 1 heterocycles. The third-order valence-corrected chi connectivity index (χ3v) is 3.85. The normalized spacial score (nSPS) is 19.3. The molecule has 1 unspecified atom stereocenters. The predicted octanol–water partition coefficient (Wildman–Crippen LogP) is 1.78. The van der Waals surface area contributed by atoms with Gasteiger partial charge in [0.1, 0.15) is 0 Å². The topological polar surface area (TPSA) is 52.6 Å². The number of piperidine rings is 1. The molecule has 1 aliphatic rings. The van der Waals surface area contributed by atoms with Crippen LogP contribution in [0.3, 0.4) is 0 Å². The minimum atomic E-state index is -0.101. The van der Waals surface area contributed by atoms with Crippen molar-refractivity contribution in [1.29, 1.82) is 0 Å². The fraction of sp³-hybridized carbons (Fsp3) is 0.933. The van der Waals surface area contributed by atoms with Crippen LogP contribution < -0.4 is 5.32 Å². The Kier molecular flexibility index (Phi) is 8.07. The van der Waals surface area contributed by atoms with E-state index in [1.54, 1.807) is 0 Å². The van der Waals surface area contributed by atoms with Crippen molar-refractivity contribution in [3.05, 3.63) is 0 Å². The molecule has 0 bridgehead atoms. The zero-order chi connectivity index (χ0) is 14.1. The number of nitrogens with one attached hydrogen (secondary N) is 1. The van der Waals surface area contributed by atoms with Crippen LogP contribution in [0, 0.1) is 5.92 Å². The van der Waals surface area contributed by atoms with Gasteiger partial charge >= 0.3 is 0 Å². The molecule has 0 aromatic rings. The number of hydrogen-bond donors (Lipinski definition) is 2. The average Bonchev–Trinajstić information content (AvgIpc) is 2.37. The monoisotopic (exact) mass is 270 g/mol. The van der Waals surface area contributed by atoms with E-state index in [4.69, 9.17) is 0 Å². The molecule has 1 amide bonds. The molecule has 0 radical (unpaired) electrons. The van der Waals surface area contributed by atoms with Crippen molar-refractivity contribution in [3.8, 4) is 0 Å². The lowest BCUT2D eigenvalue weighted by molar-refractivity contribution is -0.121. The molecule has 0 aliphatic carbocycles. The van der Waals surface area contributed by atoms with Gasteiger partial charge in [-0.15, -0.1) is 0 Å². The number of nitrogens with zero attached hydrogens (tertiary/aromatic N) is 1. The molecule has 1 rings (SSSR count). The molecule has 0 saturated carbocycles. The Balaban J connectivity index is 1.99. The molecule has 4 heteroatoms. The number of aliphatic hydroxyl groups is 1. The lowest BCUT2D eigenvalue weighted by Gasteiger charge is -2.29. The van der Waals surface area contributed by atoms with E-state index in [0.29, 0.717) is 12.3 Å². The van der Waals surface area contributed by atoms with E-state index in [2.05, 4.69) is 24.1 Å². The summed E-state index contributed by atoms with van der Waals surface area (Å²) in [6.07, 6.45) is 5.62. The smallest absolute Gasteiger partial charge is 0.220 e. The number of amides is 1. The first kappa shape index (κ1) is 16.4. The second-order valence-electron chi connectivity index (χ2n) is 5.87. The van der Waals surface area contributed by atoms with Gasteiger partial charge in [0.25, 0.3) is 0 Å². The molecule has 1 atom stereocenters. The maximum Gasteiger partial charge on any atom is 0.220 e. The van der Waals surface area contributed by atoms with Crippen molar-refractivity contribution in [2.24, 2.45) is 5.92 Å². The zero-order valence-electron chi connectivity index (χ0n) is 12.5. The van der Waals surface area contributed by atoms with E-state index in [-0.39, 0.29) is 12.0 Å². The molecule has 0 aromatic heterocycles. The maximum atomic E-state index is 11.7. The Morgan fingerprint density at radius 1 is 1.42 bits per heavy atom. The second kappa shape index (κ2) is 9.32. The van der Waals surface area contributed by atoms with Crippen LogP contribution in [0.25, 0.3) is 0 Å². The summed E-state index contributed by atoms with van der Waals surface area (Å²) >= 11 is 0. The van der Waals surface area contributed by atoms with Crippen LogP contribution in [-0.4, -0.2) is 48.2 Å². The van der Waals surface area contributed by atoms with Gasteiger partial charge in [0.2, 0.25) is 5.91 Å². The standard InChI is InChI=1S/C15H30N2O2/c1-3-5-13(2)12-15(19)16-8-4-9-17-10-6-14(18)7-11-17/h13-14,18H,3-12H2,1-2H3,(H,16,19). The summed E-state index contributed by atoms with van der Waals surface area (Å²) in [4.78, 5) is 14.0. The number of carbonyl (C=O) groups is 1.